The van der Waals surface area contributed by atoms with Crippen molar-refractivity contribution in [3.8, 4) is 21.6 Å². The highest BCUT2D eigenvalue weighted by molar-refractivity contribution is 7.22. The van der Waals surface area contributed by atoms with E-state index in [0.29, 0.717) is 11.4 Å². The number of fused-ring (bicyclic) bond motifs is 12. The molecule has 3 heteroatoms. The standard InChI is InChI=1S/C39H25NOS/c41-40(26-14-3-1-4-15-26,27-16-5-2-6-17-27)34-24-13-23-33-36(34)28-18-7-10-21-31(28)39(33)32-22-11-8-19-29(32)38-37(39)30-20-9-12-25-35(30)42-38/h1-25H. The third-order valence-corrected chi connectivity index (χ3v) is 10.4. The number of rotatable bonds is 3. The average molecular weight is 556 g/mol. The minimum absolute atomic E-state index is 0.508. The number of hydrogen-bond donors (Lipinski definition) is 0. The lowest BCUT2D eigenvalue weighted by molar-refractivity contribution is 0.693. The molecule has 1 spiro atoms. The predicted molar refractivity (Wildman–Crippen MR) is 175 cm³/mol. The first-order valence-corrected chi connectivity index (χ1v) is 15.1. The van der Waals surface area contributed by atoms with Gasteiger partial charge >= 0.3 is 0 Å². The largest absolute Gasteiger partial charge is 0.616 e. The van der Waals surface area contributed by atoms with Gasteiger partial charge in [0.1, 0.15) is 11.4 Å². The number of thiophene rings is 1. The Balaban J connectivity index is 1.46. The molecule has 6 aromatic carbocycles. The summed E-state index contributed by atoms with van der Waals surface area (Å²) in [6, 6.07) is 52.3. The maximum Gasteiger partial charge on any atom is 0.151 e. The van der Waals surface area contributed by atoms with Crippen molar-refractivity contribution in [2.45, 2.75) is 5.41 Å². The van der Waals surface area contributed by atoms with Crippen molar-refractivity contribution in [3.63, 3.8) is 0 Å². The van der Waals surface area contributed by atoms with Gasteiger partial charge in [-0.15, -0.1) is 11.3 Å². The van der Waals surface area contributed by atoms with Gasteiger partial charge in [0.15, 0.2) is 5.69 Å². The molecule has 0 saturated heterocycles. The molecule has 0 bridgehead atoms. The van der Waals surface area contributed by atoms with Gasteiger partial charge < -0.3 is 5.21 Å². The van der Waals surface area contributed by atoms with E-state index in [9.17, 15) is 0 Å². The maximum absolute atomic E-state index is 15.7. The van der Waals surface area contributed by atoms with Crippen LogP contribution in [0.5, 0.6) is 0 Å². The van der Waals surface area contributed by atoms with Crippen molar-refractivity contribution in [2.75, 3.05) is 0 Å². The highest BCUT2D eigenvalue weighted by atomic mass is 32.1. The Kier molecular flexibility index (Phi) is 4.89. The summed E-state index contributed by atoms with van der Waals surface area (Å²) < 4.78 is 0.620. The molecular weight excluding hydrogens is 531 g/mol. The van der Waals surface area contributed by atoms with Crippen LogP contribution in [0.4, 0.5) is 17.1 Å². The van der Waals surface area contributed by atoms with Gasteiger partial charge in [-0.25, -0.2) is 0 Å². The molecule has 42 heavy (non-hydrogen) atoms. The van der Waals surface area contributed by atoms with Gasteiger partial charge in [0, 0.05) is 45.5 Å². The Bertz CT molecular complexity index is 2130. The lowest BCUT2D eigenvalue weighted by atomic mass is 9.70. The van der Waals surface area contributed by atoms with E-state index in [-0.39, 0.29) is 0 Å². The summed E-state index contributed by atoms with van der Waals surface area (Å²) in [4.78, 5) is 1.33. The van der Waals surface area contributed by atoms with E-state index >= 15 is 5.21 Å². The molecule has 7 aromatic rings. The Hall–Kier alpha value is -4.80. The highest BCUT2D eigenvalue weighted by Gasteiger charge is 2.55. The summed E-state index contributed by atoms with van der Waals surface area (Å²) >= 11 is 1.88. The minimum atomic E-state index is -0.672. The predicted octanol–water partition coefficient (Wildman–Crippen LogP) is 10.7. The summed E-state index contributed by atoms with van der Waals surface area (Å²) in [5, 5.41) is 17.0. The van der Waals surface area contributed by atoms with E-state index < -0.39 is 10.1 Å². The fourth-order valence-corrected chi connectivity index (χ4v) is 8.88. The van der Waals surface area contributed by atoms with Crippen LogP contribution in [0.3, 0.4) is 0 Å². The van der Waals surface area contributed by atoms with Crippen LogP contribution in [0.2, 0.25) is 0 Å². The molecule has 0 fully saturated rings. The van der Waals surface area contributed by atoms with Crippen LogP contribution in [0.1, 0.15) is 22.3 Å². The summed E-state index contributed by atoms with van der Waals surface area (Å²) in [6.07, 6.45) is 0. The Morgan fingerprint density at radius 2 is 1.05 bits per heavy atom. The van der Waals surface area contributed by atoms with Crippen molar-refractivity contribution in [1.82, 2.24) is 4.65 Å². The second kappa shape index (κ2) is 8.60. The molecule has 1 aromatic heterocycles. The van der Waals surface area contributed by atoms with Crippen molar-refractivity contribution in [2.24, 2.45) is 0 Å². The van der Waals surface area contributed by atoms with Crippen molar-refractivity contribution in [3.05, 3.63) is 179 Å². The normalized spacial score (nSPS) is 16.3. The lowest BCUT2D eigenvalue weighted by Gasteiger charge is -2.42. The monoisotopic (exact) mass is 555 g/mol. The van der Waals surface area contributed by atoms with E-state index in [4.69, 9.17) is 0 Å². The minimum Gasteiger partial charge on any atom is -0.616 e. The van der Waals surface area contributed by atoms with Crippen LogP contribution in [0, 0.1) is 5.21 Å². The molecule has 2 nitrogen and oxygen atoms in total. The summed E-state index contributed by atoms with van der Waals surface area (Å²) in [5.74, 6) is 0. The quantitative estimate of drug-likeness (QED) is 0.157. The third-order valence-electron chi connectivity index (χ3n) is 9.17. The second-order valence-electron chi connectivity index (χ2n) is 11.1. The smallest absolute Gasteiger partial charge is 0.151 e. The van der Waals surface area contributed by atoms with E-state index in [0.717, 1.165) is 16.8 Å². The molecule has 0 N–H and O–H groups in total. The first kappa shape index (κ1) is 23.9. The van der Waals surface area contributed by atoms with Gasteiger partial charge in [0.2, 0.25) is 0 Å². The average Bonchev–Trinajstić information content (AvgIpc) is 3.69. The number of para-hydroxylation sites is 2. The van der Waals surface area contributed by atoms with Gasteiger partial charge in [-0.3, -0.25) is 4.65 Å². The SMILES string of the molecule is [O-][N+](c1ccccc1)(c1ccccc1)c1cccc2c1-c1ccccc1C21c2ccccc2-c2sc3ccccc3c21. The Morgan fingerprint density at radius 1 is 0.500 bits per heavy atom. The lowest BCUT2D eigenvalue weighted by Crippen LogP contribution is -2.32. The molecule has 1 heterocycles. The van der Waals surface area contributed by atoms with Crippen LogP contribution in [-0.4, -0.2) is 0 Å². The highest BCUT2D eigenvalue weighted by Crippen LogP contribution is 2.67. The number of benzene rings is 6. The molecule has 1 atom stereocenters. The summed E-state index contributed by atoms with van der Waals surface area (Å²) in [6.45, 7) is 0. The number of hydrogen-bond acceptors (Lipinski definition) is 2. The molecule has 198 valence electrons. The summed E-state index contributed by atoms with van der Waals surface area (Å²) in [7, 11) is 0. The van der Waals surface area contributed by atoms with Crippen molar-refractivity contribution >= 4 is 38.5 Å². The van der Waals surface area contributed by atoms with E-state index in [1.54, 1.807) is 0 Å². The fraction of sp³-hybridized carbons (Fsp3) is 0.0256. The van der Waals surface area contributed by atoms with Crippen molar-refractivity contribution < 1.29 is 0 Å². The molecule has 0 amide bonds. The van der Waals surface area contributed by atoms with Crippen molar-refractivity contribution in [1.29, 1.82) is 0 Å². The van der Waals surface area contributed by atoms with Gasteiger partial charge in [0.05, 0.1) is 5.41 Å². The van der Waals surface area contributed by atoms with Crippen LogP contribution in [-0.2, 0) is 5.41 Å². The molecule has 9 rings (SSSR count). The van der Waals surface area contributed by atoms with Gasteiger partial charge in [0.25, 0.3) is 0 Å². The van der Waals surface area contributed by atoms with Gasteiger partial charge in [-0.2, -0.15) is 0 Å². The molecular formula is C39H25NOS. The molecule has 0 saturated carbocycles. The van der Waals surface area contributed by atoms with Gasteiger partial charge in [-0.1, -0.05) is 115 Å². The van der Waals surface area contributed by atoms with E-state index in [1.807, 2.05) is 78.1 Å². The van der Waals surface area contributed by atoms with Crippen LogP contribution in [0.25, 0.3) is 31.7 Å². The fourth-order valence-electron chi connectivity index (χ4n) is 7.58. The molecule has 2 aliphatic carbocycles. The first-order chi connectivity index (χ1) is 20.7. The molecule has 0 radical (unpaired) electrons. The first-order valence-electron chi connectivity index (χ1n) is 14.3. The maximum atomic E-state index is 15.7. The van der Waals surface area contributed by atoms with Crippen LogP contribution < -0.4 is 4.65 Å². The zero-order chi connectivity index (χ0) is 27.9. The topological polar surface area (TPSA) is 23.1 Å². The zero-order valence-corrected chi connectivity index (χ0v) is 23.5. The molecule has 2 aliphatic rings. The number of quaternary nitrogens is 1. The third kappa shape index (κ3) is 2.85. The van der Waals surface area contributed by atoms with Crippen LogP contribution in [0.15, 0.2) is 152 Å². The molecule has 1 unspecified atom stereocenters. The zero-order valence-electron chi connectivity index (χ0n) is 22.7. The molecule has 0 aliphatic heterocycles. The number of nitrogens with zero attached hydrogens (tertiary/aromatic N) is 1. The van der Waals surface area contributed by atoms with Gasteiger partial charge in [-0.05, 0) is 44.8 Å². The Labute approximate surface area is 248 Å². The summed E-state index contributed by atoms with van der Waals surface area (Å²) in [5.41, 5.74) is 10.1. The Morgan fingerprint density at radius 3 is 1.76 bits per heavy atom. The second-order valence-corrected chi connectivity index (χ2v) is 12.2. The van der Waals surface area contributed by atoms with E-state index in [1.165, 1.54) is 42.8 Å². The van der Waals surface area contributed by atoms with E-state index in [2.05, 4.69) is 84.9 Å². The van der Waals surface area contributed by atoms with Crippen LogP contribution >= 0.6 is 11.3 Å².